The van der Waals surface area contributed by atoms with Gasteiger partial charge in [0.2, 0.25) is 0 Å². The molecule has 0 saturated heterocycles. The zero-order chi connectivity index (χ0) is 15.6. The van der Waals surface area contributed by atoms with Crippen LogP contribution >= 0.6 is 0 Å². The van der Waals surface area contributed by atoms with E-state index >= 15 is 0 Å². The van der Waals surface area contributed by atoms with Crippen LogP contribution in [0.2, 0.25) is 0 Å². The van der Waals surface area contributed by atoms with Crippen LogP contribution in [-0.2, 0) is 0 Å². The van der Waals surface area contributed by atoms with Crippen LogP contribution in [0, 0.1) is 23.2 Å². The highest BCUT2D eigenvalue weighted by Gasteiger charge is 2.31. The Morgan fingerprint density at radius 1 is 0.800 bits per heavy atom. The third-order valence-electron chi connectivity index (χ3n) is 6.39. The van der Waals surface area contributed by atoms with Crippen molar-refractivity contribution < 1.29 is 0 Å². The van der Waals surface area contributed by atoms with Crippen molar-refractivity contribution in [3.63, 3.8) is 0 Å². The molecule has 0 nitrogen and oxygen atoms in total. The van der Waals surface area contributed by atoms with Gasteiger partial charge in [-0.05, 0) is 29.6 Å². The van der Waals surface area contributed by atoms with Gasteiger partial charge in [-0.1, -0.05) is 99.8 Å². The summed E-state index contributed by atoms with van der Waals surface area (Å²) in [5.74, 6) is 2.76. The molecule has 0 N–H and O–H groups in total. The molecule has 0 aliphatic heterocycles. The van der Waals surface area contributed by atoms with Gasteiger partial charge in [-0.3, -0.25) is 0 Å². The minimum atomic E-state index is 0.612. The Balaban J connectivity index is 4.36. The van der Waals surface area contributed by atoms with Crippen molar-refractivity contribution in [2.45, 2.75) is 106 Å². The van der Waals surface area contributed by atoms with Gasteiger partial charge in [0.1, 0.15) is 0 Å². The second-order valence-electron chi connectivity index (χ2n) is 7.21. The summed E-state index contributed by atoms with van der Waals surface area (Å²) >= 11 is 0. The maximum absolute atomic E-state index is 2.49. The van der Waals surface area contributed by atoms with Gasteiger partial charge < -0.3 is 0 Å². The molecule has 0 heteroatoms. The van der Waals surface area contributed by atoms with E-state index in [1.165, 1.54) is 57.8 Å². The van der Waals surface area contributed by atoms with E-state index in [4.69, 9.17) is 0 Å². The van der Waals surface area contributed by atoms with Gasteiger partial charge in [0, 0.05) is 0 Å². The first kappa shape index (κ1) is 20.0. The number of hydrogen-bond donors (Lipinski definition) is 0. The first-order valence-corrected chi connectivity index (χ1v) is 9.51. The molecule has 20 heavy (non-hydrogen) atoms. The fraction of sp³-hybridized carbons (Fsp3) is 1.00. The molecule has 0 heterocycles. The molecule has 0 fully saturated rings. The molecule has 0 aromatic rings. The van der Waals surface area contributed by atoms with Gasteiger partial charge in [-0.25, -0.2) is 0 Å². The largest absolute Gasteiger partial charge is 0.0654 e. The van der Waals surface area contributed by atoms with Crippen molar-refractivity contribution in [2.75, 3.05) is 0 Å². The van der Waals surface area contributed by atoms with Gasteiger partial charge in [-0.2, -0.15) is 0 Å². The lowest BCUT2D eigenvalue weighted by Crippen LogP contribution is -2.27. The summed E-state index contributed by atoms with van der Waals surface area (Å²) in [4.78, 5) is 0. The van der Waals surface area contributed by atoms with Gasteiger partial charge in [0.05, 0.1) is 0 Å². The molecule has 3 unspecified atom stereocenters. The highest BCUT2D eigenvalue weighted by Crippen LogP contribution is 2.42. The van der Waals surface area contributed by atoms with Crippen LogP contribution in [0.15, 0.2) is 0 Å². The van der Waals surface area contributed by atoms with Crippen molar-refractivity contribution in [1.29, 1.82) is 0 Å². The minimum Gasteiger partial charge on any atom is -0.0654 e. The molecule has 0 aromatic carbocycles. The molecule has 122 valence electrons. The molecule has 3 atom stereocenters. The maximum atomic E-state index is 2.49. The van der Waals surface area contributed by atoms with Gasteiger partial charge >= 0.3 is 0 Å². The summed E-state index contributed by atoms with van der Waals surface area (Å²) in [6.45, 7) is 16.8. The first-order chi connectivity index (χ1) is 9.51. The minimum absolute atomic E-state index is 0.612. The summed E-state index contributed by atoms with van der Waals surface area (Å²) in [6.07, 6.45) is 12.5. The normalized spacial score (nSPS) is 16.9. The SMILES string of the molecule is CCCC(CC)C(C)CCCC(CC)(CC)C(C)CC. The van der Waals surface area contributed by atoms with E-state index < -0.39 is 0 Å². The molecule has 0 radical (unpaired) electrons. The maximum Gasteiger partial charge on any atom is -0.0277 e. The Hall–Kier alpha value is 0. The zero-order valence-corrected chi connectivity index (χ0v) is 15.6. The van der Waals surface area contributed by atoms with E-state index in [1.54, 1.807) is 0 Å². The summed E-state index contributed by atoms with van der Waals surface area (Å²) in [5.41, 5.74) is 0.612. The standard InChI is InChI=1S/C20H42/c1-8-14-19(10-3)17(6)15-13-16-20(11-4,12-5)18(7)9-2/h17-19H,8-16H2,1-7H3. The van der Waals surface area contributed by atoms with Crippen molar-refractivity contribution in [3.05, 3.63) is 0 Å². The monoisotopic (exact) mass is 282 g/mol. The highest BCUT2D eigenvalue weighted by atomic mass is 14.4. The van der Waals surface area contributed by atoms with E-state index in [0.717, 1.165) is 17.8 Å². The Kier molecular flexibility index (Phi) is 10.7. The molecule has 0 saturated carbocycles. The van der Waals surface area contributed by atoms with Crippen LogP contribution in [0.5, 0.6) is 0 Å². The van der Waals surface area contributed by atoms with E-state index in [9.17, 15) is 0 Å². The first-order valence-electron chi connectivity index (χ1n) is 9.51. The van der Waals surface area contributed by atoms with Crippen LogP contribution in [0.25, 0.3) is 0 Å². The fourth-order valence-electron chi connectivity index (χ4n) is 4.25. The fourth-order valence-corrected chi connectivity index (χ4v) is 4.25. The van der Waals surface area contributed by atoms with Crippen LogP contribution in [0.4, 0.5) is 0 Å². The second-order valence-corrected chi connectivity index (χ2v) is 7.21. The molecule has 0 aromatic heterocycles. The predicted octanol–water partition coefficient (Wildman–Crippen LogP) is 7.47. The third-order valence-corrected chi connectivity index (χ3v) is 6.39. The quantitative estimate of drug-likeness (QED) is 0.348. The van der Waals surface area contributed by atoms with Gasteiger partial charge in [0.25, 0.3) is 0 Å². The van der Waals surface area contributed by atoms with Crippen LogP contribution in [0.1, 0.15) is 106 Å². The lowest BCUT2D eigenvalue weighted by atomic mass is 9.67. The Morgan fingerprint density at radius 3 is 1.80 bits per heavy atom. The lowest BCUT2D eigenvalue weighted by molar-refractivity contribution is 0.127. The van der Waals surface area contributed by atoms with Crippen molar-refractivity contribution in [2.24, 2.45) is 23.2 Å². The molecule has 0 aliphatic rings. The summed E-state index contributed by atoms with van der Waals surface area (Å²) in [7, 11) is 0. The topological polar surface area (TPSA) is 0 Å². The van der Waals surface area contributed by atoms with Crippen LogP contribution in [0.3, 0.4) is 0 Å². The molecule has 0 spiro atoms. The second kappa shape index (κ2) is 10.7. The summed E-state index contributed by atoms with van der Waals surface area (Å²) < 4.78 is 0. The molecular formula is C20H42. The van der Waals surface area contributed by atoms with Gasteiger partial charge in [0.15, 0.2) is 0 Å². The molecule has 0 aliphatic carbocycles. The average Bonchev–Trinajstić information content (AvgIpc) is 2.48. The predicted molar refractivity (Wildman–Crippen MR) is 94.2 cm³/mol. The lowest BCUT2D eigenvalue weighted by Gasteiger charge is -2.38. The summed E-state index contributed by atoms with van der Waals surface area (Å²) in [5, 5.41) is 0. The number of hydrogen-bond acceptors (Lipinski definition) is 0. The Labute approximate surface area is 130 Å². The van der Waals surface area contributed by atoms with Gasteiger partial charge in [-0.15, -0.1) is 0 Å². The van der Waals surface area contributed by atoms with E-state index in [-0.39, 0.29) is 0 Å². The highest BCUT2D eigenvalue weighted by molar-refractivity contribution is 4.82. The molecule has 0 rings (SSSR count). The van der Waals surface area contributed by atoms with Crippen molar-refractivity contribution in [3.8, 4) is 0 Å². The van der Waals surface area contributed by atoms with E-state index in [0.29, 0.717) is 5.41 Å². The van der Waals surface area contributed by atoms with Crippen molar-refractivity contribution >= 4 is 0 Å². The molecule has 0 bridgehead atoms. The molecular weight excluding hydrogens is 240 g/mol. The Morgan fingerprint density at radius 2 is 1.40 bits per heavy atom. The zero-order valence-electron chi connectivity index (χ0n) is 15.6. The molecule has 0 amide bonds. The van der Waals surface area contributed by atoms with Crippen LogP contribution in [-0.4, -0.2) is 0 Å². The van der Waals surface area contributed by atoms with E-state index in [1.807, 2.05) is 0 Å². The Bertz CT molecular complexity index is 214. The smallest absolute Gasteiger partial charge is 0.0277 e. The van der Waals surface area contributed by atoms with Crippen LogP contribution < -0.4 is 0 Å². The van der Waals surface area contributed by atoms with Crippen molar-refractivity contribution in [1.82, 2.24) is 0 Å². The average molecular weight is 283 g/mol. The number of rotatable bonds is 12. The van der Waals surface area contributed by atoms with E-state index in [2.05, 4.69) is 48.5 Å². The summed E-state index contributed by atoms with van der Waals surface area (Å²) in [6, 6.07) is 0. The third kappa shape index (κ3) is 5.78.